The molecule has 0 heterocycles. The highest BCUT2D eigenvalue weighted by atomic mass is 79.9. The van der Waals surface area contributed by atoms with E-state index in [4.69, 9.17) is 0 Å². The topological polar surface area (TPSA) is 18.5 Å². The molecule has 0 amide bonds. The Bertz CT molecular complexity index is 111. The van der Waals surface area contributed by atoms with Crippen LogP contribution in [0.5, 0.6) is 0 Å². The Morgan fingerprint density at radius 3 is 1.55 bits per heavy atom. The Morgan fingerprint density at radius 2 is 1.36 bits per heavy atom. The smallest absolute Gasteiger partial charge is 0.318 e. The van der Waals surface area contributed by atoms with E-state index in [1.165, 1.54) is 14.2 Å². The predicted octanol–water partition coefficient (Wildman–Crippen LogP) is 2.36. The lowest BCUT2D eigenvalue weighted by molar-refractivity contribution is -0.130. The van der Waals surface area contributed by atoms with Crippen molar-refractivity contribution in [2.45, 2.75) is 15.9 Å². The fourth-order valence-corrected chi connectivity index (χ4v) is 1.25. The molecule has 0 rings (SSSR count). The molecule has 6 heteroatoms. The van der Waals surface area contributed by atoms with Crippen molar-refractivity contribution in [2.24, 2.45) is 0 Å². The molecule has 0 saturated carbocycles. The van der Waals surface area contributed by atoms with Crippen LogP contribution in [0.25, 0.3) is 0 Å². The van der Waals surface area contributed by atoms with Crippen molar-refractivity contribution >= 4 is 31.9 Å². The minimum Gasteiger partial charge on any atom is -0.364 e. The quantitative estimate of drug-likeness (QED) is 0.742. The number of methoxy groups -OCH3 is 2. The van der Waals surface area contributed by atoms with Gasteiger partial charge in [-0.1, -0.05) is 31.9 Å². The van der Waals surface area contributed by atoms with Crippen molar-refractivity contribution in [3.8, 4) is 0 Å². The van der Waals surface area contributed by atoms with E-state index in [2.05, 4.69) is 41.3 Å². The lowest BCUT2D eigenvalue weighted by atomic mass is 10.4. The molecule has 0 aromatic heterocycles. The van der Waals surface area contributed by atoms with Crippen LogP contribution in [0.3, 0.4) is 0 Å². The zero-order valence-corrected chi connectivity index (χ0v) is 9.16. The van der Waals surface area contributed by atoms with Crippen molar-refractivity contribution in [1.82, 2.24) is 0 Å². The maximum Gasteiger partial charge on any atom is 0.318 e. The molecule has 0 saturated heterocycles. The monoisotopic (exact) mass is 296 g/mol. The summed E-state index contributed by atoms with van der Waals surface area (Å²) in [6.07, 6.45) is 0. The average molecular weight is 298 g/mol. The van der Waals surface area contributed by atoms with E-state index < -0.39 is 15.9 Å². The van der Waals surface area contributed by atoms with Crippen molar-refractivity contribution in [3.63, 3.8) is 0 Å². The lowest BCUT2D eigenvalue weighted by Crippen LogP contribution is -2.40. The third-order valence-corrected chi connectivity index (χ3v) is 2.99. The Kier molecular flexibility index (Phi) is 5.00. The van der Waals surface area contributed by atoms with Crippen LogP contribution in [0.4, 0.5) is 8.78 Å². The van der Waals surface area contributed by atoms with Crippen LogP contribution in [0.2, 0.25) is 0 Å². The second-order valence-corrected chi connectivity index (χ2v) is 3.44. The summed E-state index contributed by atoms with van der Waals surface area (Å²) >= 11 is 5.32. The van der Waals surface area contributed by atoms with Crippen LogP contribution >= 0.6 is 31.9 Å². The van der Waals surface area contributed by atoms with E-state index in [0.29, 0.717) is 0 Å². The molecule has 0 aromatic rings. The van der Waals surface area contributed by atoms with Crippen molar-refractivity contribution < 1.29 is 18.3 Å². The second kappa shape index (κ2) is 4.69. The highest BCUT2D eigenvalue weighted by molar-refractivity contribution is 9.10. The fraction of sp³-hybridized carbons (Fsp3) is 1.00. The molecule has 0 N–H and O–H groups in total. The van der Waals surface area contributed by atoms with Crippen LogP contribution < -0.4 is 0 Å². The molecule has 2 unspecified atom stereocenters. The summed E-state index contributed by atoms with van der Waals surface area (Å²) in [6, 6.07) is 0. The Labute approximate surface area is 80.5 Å². The Balaban J connectivity index is 4.18. The molecule has 0 fully saturated rings. The first-order valence-corrected chi connectivity index (χ1v) is 4.51. The molecule has 0 aliphatic rings. The van der Waals surface area contributed by atoms with Crippen molar-refractivity contribution in [1.29, 1.82) is 0 Å². The fourth-order valence-electron chi connectivity index (χ4n) is 0.417. The minimum absolute atomic E-state index is 1.18. The molecular weight excluding hydrogens is 290 g/mol. The first-order chi connectivity index (χ1) is 4.96. The molecule has 11 heavy (non-hydrogen) atoms. The number of ether oxygens (including phenoxy) is 2. The Hall–Kier alpha value is 0.740. The summed E-state index contributed by atoms with van der Waals surface area (Å²) in [5.74, 6) is -3.09. The summed E-state index contributed by atoms with van der Waals surface area (Å²) in [5, 5.41) is -2.70. The predicted molar refractivity (Wildman–Crippen MR) is 44.4 cm³/mol. The Morgan fingerprint density at radius 1 is 1.09 bits per heavy atom. The molecule has 2 nitrogen and oxygen atoms in total. The molecule has 0 radical (unpaired) electrons. The molecule has 68 valence electrons. The van der Waals surface area contributed by atoms with Gasteiger partial charge >= 0.3 is 5.92 Å². The molecular formula is C5H8Br2F2O2. The standard InChI is InChI=1S/C5H8Br2F2O2/c1-10-3(6)5(8,9)4(7)11-2/h3-4H,1-2H3. The molecule has 0 spiro atoms. The number of rotatable bonds is 4. The van der Waals surface area contributed by atoms with Crippen LogP contribution in [0.15, 0.2) is 0 Å². The van der Waals surface area contributed by atoms with Crippen molar-refractivity contribution in [3.05, 3.63) is 0 Å². The molecule has 2 atom stereocenters. The van der Waals surface area contributed by atoms with Crippen LogP contribution in [-0.2, 0) is 9.47 Å². The number of hydrogen-bond donors (Lipinski definition) is 0. The third kappa shape index (κ3) is 2.93. The molecule has 0 aromatic carbocycles. The summed E-state index contributed by atoms with van der Waals surface area (Å²) in [7, 11) is 2.37. The van der Waals surface area contributed by atoms with Gasteiger partial charge in [0.05, 0.1) is 0 Å². The van der Waals surface area contributed by atoms with E-state index in [-0.39, 0.29) is 0 Å². The average Bonchev–Trinajstić information content (AvgIpc) is 2.01. The molecule has 0 aliphatic heterocycles. The number of hydrogen-bond acceptors (Lipinski definition) is 2. The number of alkyl halides is 4. The minimum atomic E-state index is -3.09. The van der Waals surface area contributed by atoms with E-state index in [0.717, 1.165) is 0 Å². The van der Waals surface area contributed by atoms with E-state index in [1.807, 2.05) is 0 Å². The second-order valence-electron chi connectivity index (χ2n) is 1.78. The summed E-state index contributed by atoms with van der Waals surface area (Å²) in [4.78, 5) is 0. The van der Waals surface area contributed by atoms with Gasteiger partial charge in [0, 0.05) is 14.2 Å². The summed E-state index contributed by atoms with van der Waals surface area (Å²) in [6.45, 7) is 0. The van der Waals surface area contributed by atoms with E-state index in [1.54, 1.807) is 0 Å². The highest BCUT2D eigenvalue weighted by Crippen LogP contribution is 2.33. The molecule has 0 bridgehead atoms. The van der Waals surface area contributed by atoms with Crippen molar-refractivity contribution in [2.75, 3.05) is 14.2 Å². The van der Waals surface area contributed by atoms with Gasteiger partial charge in [0.15, 0.2) is 10.0 Å². The number of halogens is 4. The van der Waals surface area contributed by atoms with Gasteiger partial charge in [-0.25, -0.2) is 0 Å². The van der Waals surface area contributed by atoms with Gasteiger partial charge in [-0.15, -0.1) is 0 Å². The van der Waals surface area contributed by atoms with Crippen LogP contribution in [0, 0.1) is 0 Å². The highest BCUT2D eigenvalue weighted by Gasteiger charge is 2.45. The van der Waals surface area contributed by atoms with E-state index in [9.17, 15) is 8.78 Å². The SMILES string of the molecule is COC(Br)C(F)(F)C(Br)OC. The van der Waals surface area contributed by atoms with Gasteiger partial charge in [0.1, 0.15) is 0 Å². The van der Waals surface area contributed by atoms with Gasteiger partial charge in [-0.3, -0.25) is 0 Å². The summed E-state index contributed by atoms with van der Waals surface area (Å²) in [5.41, 5.74) is 0. The maximum absolute atomic E-state index is 12.9. The van der Waals surface area contributed by atoms with Crippen LogP contribution in [0.1, 0.15) is 0 Å². The lowest BCUT2D eigenvalue weighted by Gasteiger charge is -2.24. The van der Waals surface area contributed by atoms with Gasteiger partial charge in [0.2, 0.25) is 0 Å². The van der Waals surface area contributed by atoms with Gasteiger partial charge in [-0.2, -0.15) is 8.78 Å². The molecule has 0 aliphatic carbocycles. The zero-order valence-electron chi connectivity index (χ0n) is 5.98. The maximum atomic E-state index is 12.9. The third-order valence-electron chi connectivity index (χ3n) is 1.02. The van der Waals surface area contributed by atoms with E-state index >= 15 is 0 Å². The summed E-state index contributed by atoms with van der Waals surface area (Å²) < 4.78 is 34.5. The normalized spacial score (nSPS) is 18.0. The largest absolute Gasteiger partial charge is 0.364 e. The zero-order chi connectivity index (χ0) is 9.07. The van der Waals surface area contributed by atoms with Gasteiger partial charge < -0.3 is 9.47 Å². The van der Waals surface area contributed by atoms with Gasteiger partial charge in [-0.05, 0) is 0 Å². The van der Waals surface area contributed by atoms with Gasteiger partial charge in [0.25, 0.3) is 0 Å². The first kappa shape index (κ1) is 11.7. The first-order valence-electron chi connectivity index (χ1n) is 2.68. The van der Waals surface area contributed by atoms with Crippen LogP contribution in [-0.4, -0.2) is 30.2 Å².